The highest BCUT2D eigenvalue weighted by atomic mass is 16.3. The molecular weight excluding hydrogens is 272 g/mol. The second-order valence-corrected chi connectivity index (χ2v) is 8.14. The molecule has 4 aliphatic carbocycles. The van der Waals surface area contributed by atoms with E-state index in [0.29, 0.717) is 11.2 Å². The molecule has 2 nitrogen and oxygen atoms in total. The zero-order valence-corrected chi connectivity index (χ0v) is 14.4. The van der Waals surface area contributed by atoms with Gasteiger partial charge in [-0.15, -0.1) is 0 Å². The maximum absolute atomic E-state index is 9.80. The summed E-state index contributed by atoms with van der Waals surface area (Å²) in [5.41, 5.74) is 3.97. The van der Waals surface area contributed by atoms with Gasteiger partial charge < -0.3 is 10.2 Å². The van der Waals surface area contributed by atoms with Crippen molar-refractivity contribution in [2.45, 2.75) is 65.2 Å². The Morgan fingerprint density at radius 1 is 1.14 bits per heavy atom. The van der Waals surface area contributed by atoms with Crippen LogP contribution in [0.2, 0.25) is 0 Å². The fourth-order valence-electron chi connectivity index (χ4n) is 6.17. The lowest BCUT2D eigenvalue weighted by Crippen LogP contribution is -2.43. The van der Waals surface area contributed by atoms with Gasteiger partial charge in [-0.1, -0.05) is 25.0 Å². The molecule has 0 aromatic rings. The molecule has 5 atom stereocenters. The Kier molecular flexibility index (Phi) is 4.42. The Balaban J connectivity index is 0.000000693. The molecule has 2 heteroatoms. The average Bonchev–Trinajstić information content (AvgIpc) is 2.84. The molecule has 2 saturated carbocycles. The van der Waals surface area contributed by atoms with E-state index in [9.17, 15) is 5.11 Å². The van der Waals surface area contributed by atoms with Crippen molar-refractivity contribution >= 4 is 0 Å². The van der Waals surface area contributed by atoms with Gasteiger partial charge in [0.15, 0.2) is 0 Å². The molecule has 0 heterocycles. The Labute approximate surface area is 135 Å². The van der Waals surface area contributed by atoms with Gasteiger partial charge in [0.1, 0.15) is 0 Å². The summed E-state index contributed by atoms with van der Waals surface area (Å²) < 4.78 is 0. The van der Waals surface area contributed by atoms with Crippen LogP contribution in [0.5, 0.6) is 0 Å². The molecule has 0 aromatic heterocycles. The van der Waals surface area contributed by atoms with Crippen LogP contribution in [-0.4, -0.2) is 17.3 Å². The molecule has 4 aliphatic rings. The topological polar surface area (TPSA) is 40.5 Å². The van der Waals surface area contributed by atoms with Crippen molar-refractivity contribution < 1.29 is 10.2 Å². The van der Waals surface area contributed by atoms with Crippen molar-refractivity contribution in [3.05, 3.63) is 23.0 Å². The van der Waals surface area contributed by atoms with Gasteiger partial charge in [-0.3, -0.25) is 0 Å². The summed E-state index contributed by atoms with van der Waals surface area (Å²) in [5.74, 6) is 4.33. The highest BCUT2D eigenvalue weighted by molar-refractivity contribution is 5.32. The van der Waals surface area contributed by atoms with E-state index in [0.717, 1.165) is 43.6 Å². The standard InChI is InChI=1S/C19H28O.CH4O/c1-12-3-8-18-17-6-4-13-11-14(20)5-7-15(13)16(17)9-10-19(12,18)2;1-2/h5,12,16-18,20H,3-4,6-11H2,1-2H3;2H,1H3. The summed E-state index contributed by atoms with van der Waals surface area (Å²) in [4.78, 5) is 0. The number of fused-ring (bicyclic) bond motifs is 4. The molecule has 0 radical (unpaired) electrons. The Morgan fingerprint density at radius 3 is 2.68 bits per heavy atom. The van der Waals surface area contributed by atoms with E-state index >= 15 is 0 Å². The maximum atomic E-state index is 9.80. The van der Waals surface area contributed by atoms with Crippen LogP contribution in [0, 0.1) is 29.1 Å². The van der Waals surface area contributed by atoms with Crippen LogP contribution < -0.4 is 0 Å². The molecule has 0 saturated heterocycles. The lowest BCUT2D eigenvalue weighted by Gasteiger charge is -2.51. The third kappa shape index (κ3) is 2.35. The molecule has 4 rings (SSSR count). The lowest BCUT2D eigenvalue weighted by atomic mass is 9.53. The van der Waals surface area contributed by atoms with Crippen LogP contribution in [0.15, 0.2) is 23.0 Å². The SMILES string of the molecule is CC1CCC2C3CCC4=C(CC=C(O)C4)C3CCC12C.CO. The number of rotatable bonds is 0. The van der Waals surface area contributed by atoms with Gasteiger partial charge in [0, 0.05) is 13.5 Å². The Bertz CT molecular complexity index is 490. The van der Waals surface area contributed by atoms with Crippen LogP contribution in [0.25, 0.3) is 0 Å². The van der Waals surface area contributed by atoms with E-state index in [4.69, 9.17) is 5.11 Å². The van der Waals surface area contributed by atoms with Crippen LogP contribution >= 0.6 is 0 Å². The molecule has 0 bridgehead atoms. The number of aliphatic hydroxyl groups excluding tert-OH is 2. The van der Waals surface area contributed by atoms with Gasteiger partial charge in [-0.25, -0.2) is 0 Å². The molecule has 5 unspecified atom stereocenters. The van der Waals surface area contributed by atoms with E-state index in [2.05, 4.69) is 19.9 Å². The molecule has 0 spiro atoms. The van der Waals surface area contributed by atoms with Crippen LogP contribution in [0.4, 0.5) is 0 Å². The first-order valence-corrected chi connectivity index (χ1v) is 9.13. The van der Waals surface area contributed by atoms with E-state index in [-0.39, 0.29) is 0 Å². The molecule has 124 valence electrons. The van der Waals surface area contributed by atoms with Gasteiger partial charge in [-0.05, 0) is 80.1 Å². The molecule has 0 aliphatic heterocycles. The second-order valence-electron chi connectivity index (χ2n) is 8.14. The van der Waals surface area contributed by atoms with E-state index < -0.39 is 0 Å². The monoisotopic (exact) mass is 304 g/mol. The summed E-state index contributed by atoms with van der Waals surface area (Å²) >= 11 is 0. The second kappa shape index (κ2) is 6.03. The maximum Gasteiger partial charge on any atom is 0.0926 e. The van der Waals surface area contributed by atoms with Crippen molar-refractivity contribution in [3.63, 3.8) is 0 Å². The molecule has 22 heavy (non-hydrogen) atoms. The fourth-order valence-corrected chi connectivity index (χ4v) is 6.17. The van der Waals surface area contributed by atoms with E-state index in [1.165, 1.54) is 38.5 Å². The van der Waals surface area contributed by atoms with Gasteiger partial charge >= 0.3 is 0 Å². The molecule has 0 aromatic carbocycles. The third-order valence-electron chi connectivity index (χ3n) is 7.54. The molecule has 2 fully saturated rings. The van der Waals surface area contributed by atoms with Gasteiger partial charge in [0.25, 0.3) is 0 Å². The van der Waals surface area contributed by atoms with Crippen molar-refractivity contribution in [1.82, 2.24) is 0 Å². The summed E-state index contributed by atoms with van der Waals surface area (Å²) in [5, 5.41) is 16.8. The summed E-state index contributed by atoms with van der Waals surface area (Å²) in [6.45, 7) is 5.08. The highest BCUT2D eigenvalue weighted by Gasteiger charge is 2.53. The zero-order valence-electron chi connectivity index (χ0n) is 14.4. The first kappa shape index (κ1) is 16.1. The average molecular weight is 304 g/mol. The van der Waals surface area contributed by atoms with Crippen molar-refractivity contribution in [2.24, 2.45) is 29.1 Å². The van der Waals surface area contributed by atoms with Crippen LogP contribution in [0.1, 0.15) is 65.2 Å². The summed E-state index contributed by atoms with van der Waals surface area (Å²) in [7, 11) is 1.00. The zero-order chi connectivity index (χ0) is 15.9. The largest absolute Gasteiger partial charge is 0.512 e. The number of hydrogen-bond acceptors (Lipinski definition) is 2. The van der Waals surface area contributed by atoms with Crippen LogP contribution in [0.3, 0.4) is 0 Å². The normalized spacial score (nSPS) is 43.4. The van der Waals surface area contributed by atoms with E-state index in [1.807, 2.05) is 0 Å². The van der Waals surface area contributed by atoms with Crippen molar-refractivity contribution in [1.29, 1.82) is 0 Å². The number of aliphatic hydroxyl groups is 2. The minimum absolute atomic E-state index is 0.623. The first-order chi connectivity index (χ1) is 10.6. The van der Waals surface area contributed by atoms with Gasteiger partial charge in [0.05, 0.1) is 5.76 Å². The van der Waals surface area contributed by atoms with Crippen molar-refractivity contribution in [2.75, 3.05) is 7.11 Å². The minimum Gasteiger partial charge on any atom is -0.512 e. The predicted octanol–water partition coefficient (Wildman–Crippen LogP) is 5.00. The smallest absolute Gasteiger partial charge is 0.0926 e. The quantitative estimate of drug-likeness (QED) is 0.618. The van der Waals surface area contributed by atoms with Crippen LogP contribution in [-0.2, 0) is 0 Å². The Hall–Kier alpha value is -0.760. The fraction of sp³-hybridized carbons (Fsp3) is 0.800. The number of allylic oxidation sites excluding steroid dienone is 3. The predicted molar refractivity (Wildman–Crippen MR) is 90.6 cm³/mol. The molecule has 2 N–H and O–H groups in total. The van der Waals surface area contributed by atoms with Crippen molar-refractivity contribution in [3.8, 4) is 0 Å². The Morgan fingerprint density at radius 2 is 1.91 bits per heavy atom. The van der Waals surface area contributed by atoms with E-state index in [1.54, 1.807) is 11.1 Å². The van der Waals surface area contributed by atoms with Gasteiger partial charge in [-0.2, -0.15) is 0 Å². The number of hydrogen-bond donors (Lipinski definition) is 2. The first-order valence-electron chi connectivity index (χ1n) is 9.13. The summed E-state index contributed by atoms with van der Waals surface area (Å²) in [6.07, 6.45) is 12.4. The summed E-state index contributed by atoms with van der Waals surface area (Å²) in [6, 6.07) is 0. The minimum atomic E-state index is 0.623. The van der Waals surface area contributed by atoms with Gasteiger partial charge in [0.2, 0.25) is 0 Å². The molecular formula is C20H32O2. The lowest BCUT2D eigenvalue weighted by molar-refractivity contribution is 0.0188. The molecule has 0 amide bonds. The third-order valence-corrected chi connectivity index (χ3v) is 7.54. The highest BCUT2D eigenvalue weighted by Crippen LogP contribution is 2.62.